The largest absolute Gasteiger partial charge is 0.461 e. The van der Waals surface area contributed by atoms with Crippen LogP contribution in [0.2, 0.25) is 5.02 Å². The van der Waals surface area contributed by atoms with E-state index in [1.54, 1.807) is 6.20 Å². The summed E-state index contributed by atoms with van der Waals surface area (Å²) in [7, 11) is 0. The van der Waals surface area contributed by atoms with E-state index in [4.69, 9.17) is 21.3 Å². The Morgan fingerprint density at radius 2 is 1.86 bits per heavy atom. The Hall–Kier alpha value is -3.36. The van der Waals surface area contributed by atoms with E-state index in [0.29, 0.717) is 41.5 Å². The molecule has 1 aliphatic carbocycles. The molecule has 1 aliphatic heterocycles. The standard InChI is InChI=1S/C27H26ClFN4O3/c28-21-3-1-2-19(14-21)20-15-24-23(25(34)16-20)17-30-27(31-24)33-10-8-32(9-11-33)12-13-36-26(35)18-4-6-22(29)7-5-18/h1-7,14,17,20H,8-13,15-16H2/t20-/m1/s1. The van der Waals surface area contributed by atoms with Gasteiger partial charge in [-0.3, -0.25) is 9.69 Å². The zero-order valence-corrected chi connectivity index (χ0v) is 20.5. The fourth-order valence-corrected chi connectivity index (χ4v) is 4.89. The molecule has 1 saturated heterocycles. The number of rotatable bonds is 6. The van der Waals surface area contributed by atoms with Crippen molar-refractivity contribution in [1.82, 2.24) is 14.9 Å². The molecule has 1 aromatic heterocycles. The molecular formula is C27H26ClFN4O3. The quantitative estimate of drug-likeness (QED) is 0.463. The molecule has 2 aromatic carbocycles. The van der Waals surface area contributed by atoms with Crippen LogP contribution < -0.4 is 4.90 Å². The fourth-order valence-electron chi connectivity index (χ4n) is 4.69. The van der Waals surface area contributed by atoms with Gasteiger partial charge >= 0.3 is 5.97 Å². The molecular weight excluding hydrogens is 483 g/mol. The first-order valence-electron chi connectivity index (χ1n) is 12.0. The number of aromatic nitrogens is 2. The number of ether oxygens (including phenoxy) is 1. The second-order valence-electron chi connectivity index (χ2n) is 9.09. The number of hydrogen-bond acceptors (Lipinski definition) is 7. The lowest BCUT2D eigenvalue weighted by molar-refractivity contribution is 0.0459. The molecule has 186 valence electrons. The van der Waals surface area contributed by atoms with Gasteiger partial charge in [-0.2, -0.15) is 0 Å². The number of halogens is 2. The second-order valence-corrected chi connectivity index (χ2v) is 9.52. The first-order chi connectivity index (χ1) is 17.5. The van der Waals surface area contributed by atoms with E-state index >= 15 is 0 Å². The fraction of sp³-hybridized carbons (Fsp3) is 0.333. The Labute approximate surface area is 213 Å². The lowest BCUT2D eigenvalue weighted by Crippen LogP contribution is -2.48. The Balaban J connectivity index is 1.15. The Kier molecular flexibility index (Phi) is 7.25. The molecule has 0 saturated carbocycles. The highest BCUT2D eigenvalue weighted by Crippen LogP contribution is 2.33. The van der Waals surface area contributed by atoms with Crippen molar-refractivity contribution < 1.29 is 18.7 Å². The number of nitrogens with zero attached hydrogens (tertiary/aromatic N) is 4. The third kappa shape index (κ3) is 5.55. The number of anilines is 1. The van der Waals surface area contributed by atoms with Crippen molar-refractivity contribution in [1.29, 1.82) is 0 Å². The van der Waals surface area contributed by atoms with Gasteiger partial charge in [-0.25, -0.2) is 19.2 Å². The normalized spacial score (nSPS) is 18.1. The Morgan fingerprint density at radius 1 is 1.08 bits per heavy atom. The summed E-state index contributed by atoms with van der Waals surface area (Å²) in [6.07, 6.45) is 2.77. The topological polar surface area (TPSA) is 75.6 Å². The van der Waals surface area contributed by atoms with E-state index in [1.807, 2.05) is 24.3 Å². The molecule has 3 aromatic rings. The number of Topliss-reactive ketones (excluding diaryl/α,β-unsaturated/α-hetero) is 1. The van der Waals surface area contributed by atoms with Gasteiger partial charge in [-0.1, -0.05) is 23.7 Å². The van der Waals surface area contributed by atoms with Crippen molar-refractivity contribution in [3.63, 3.8) is 0 Å². The number of hydrogen-bond donors (Lipinski definition) is 0. The summed E-state index contributed by atoms with van der Waals surface area (Å²) in [6, 6.07) is 13.0. The molecule has 36 heavy (non-hydrogen) atoms. The van der Waals surface area contributed by atoms with E-state index in [2.05, 4.69) is 14.8 Å². The number of carbonyl (C=O) groups excluding carboxylic acids is 2. The highest BCUT2D eigenvalue weighted by molar-refractivity contribution is 6.30. The minimum atomic E-state index is -0.457. The van der Waals surface area contributed by atoms with Crippen molar-refractivity contribution in [2.24, 2.45) is 0 Å². The van der Waals surface area contributed by atoms with Crippen LogP contribution in [-0.2, 0) is 11.2 Å². The van der Waals surface area contributed by atoms with E-state index in [0.717, 1.165) is 37.4 Å². The maximum Gasteiger partial charge on any atom is 0.338 e. The predicted octanol–water partition coefficient (Wildman–Crippen LogP) is 4.16. The third-order valence-corrected chi connectivity index (χ3v) is 6.96. The molecule has 0 N–H and O–H groups in total. The molecule has 0 bridgehead atoms. The maximum absolute atomic E-state index is 13.0. The SMILES string of the molecule is O=C(OCCN1CCN(c2ncc3c(n2)C[C@@H](c2cccc(Cl)c2)CC3=O)CC1)c1ccc(F)cc1. The van der Waals surface area contributed by atoms with Gasteiger partial charge in [-0.05, 0) is 54.3 Å². The number of benzene rings is 2. The zero-order chi connectivity index (χ0) is 25.1. The van der Waals surface area contributed by atoms with Crippen molar-refractivity contribution in [2.45, 2.75) is 18.8 Å². The predicted molar refractivity (Wildman–Crippen MR) is 134 cm³/mol. The monoisotopic (exact) mass is 508 g/mol. The first-order valence-corrected chi connectivity index (χ1v) is 12.4. The zero-order valence-electron chi connectivity index (χ0n) is 19.7. The smallest absolute Gasteiger partial charge is 0.338 e. The van der Waals surface area contributed by atoms with Crippen LogP contribution in [0.3, 0.4) is 0 Å². The van der Waals surface area contributed by atoms with Gasteiger partial charge in [0.1, 0.15) is 12.4 Å². The van der Waals surface area contributed by atoms with E-state index in [9.17, 15) is 14.0 Å². The third-order valence-electron chi connectivity index (χ3n) is 6.72. The van der Waals surface area contributed by atoms with Gasteiger partial charge in [0.25, 0.3) is 0 Å². The van der Waals surface area contributed by atoms with E-state index in [1.165, 1.54) is 24.3 Å². The summed E-state index contributed by atoms with van der Waals surface area (Å²) < 4.78 is 18.3. The summed E-state index contributed by atoms with van der Waals surface area (Å²) >= 11 is 6.16. The van der Waals surface area contributed by atoms with E-state index < -0.39 is 5.97 Å². The van der Waals surface area contributed by atoms with Crippen LogP contribution >= 0.6 is 11.6 Å². The van der Waals surface area contributed by atoms with Gasteiger partial charge in [0.05, 0.1) is 16.8 Å². The van der Waals surface area contributed by atoms with Crippen molar-refractivity contribution in [3.05, 3.63) is 88.0 Å². The molecule has 9 heteroatoms. The van der Waals surface area contributed by atoms with Crippen LogP contribution in [0.15, 0.2) is 54.7 Å². The second kappa shape index (κ2) is 10.7. The number of carbonyl (C=O) groups is 2. The van der Waals surface area contributed by atoms with Crippen LogP contribution in [0.4, 0.5) is 10.3 Å². The Bertz CT molecular complexity index is 1260. The van der Waals surface area contributed by atoms with Crippen LogP contribution in [0, 0.1) is 5.82 Å². The molecule has 2 heterocycles. The highest BCUT2D eigenvalue weighted by Gasteiger charge is 2.29. The van der Waals surface area contributed by atoms with Gasteiger partial charge in [-0.15, -0.1) is 0 Å². The summed E-state index contributed by atoms with van der Waals surface area (Å²) in [5.74, 6) is -0.0917. The van der Waals surface area contributed by atoms with Crippen LogP contribution in [0.1, 0.15) is 44.3 Å². The molecule has 0 unspecified atom stereocenters. The lowest BCUT2D eigenvalue weighted by atomic mass is 9.82. The highest BCUT2D eigenvalue weighted by atomic mass is 35.5. The van der Waals surface area contributed by atoms with E-state index in [-0.39, 0.29) is 24.1 Å². The molecule has 1 fully saturated rings. The Morgan fingerprint density at radius 3 is 2.61 bits per heavy atom. The van der Waals surface area contributed by atoms with Crippen molar-refractivity contribution >= 4 is 29.3 Å². The first kappa shape index (κ1) is 24.3. The molecule has 7 nitrogen and oxygen atoms in total. The summed E-state index contributed by atoms with van der Waals surface area (Å²) in [5.41, 5.74) is 2.78. The number of ketones is 1. The maximum atomic E-state index is 13.0. The minimum Gasteiger partial charge on any atom is -0.461 e. The van der Waals surface area contributed by atoms with Crippen LogP contribution in [0.25, 0.3) is 0 Å². The van der Waals surface area contributed by atoms with Crippen LogP contribution in [-0.4, -0.2) is 66.0 Å². The number of piperazine rings is 1. The minimum absolute atomic E-state index is 0.0564. The molecule has 1 atom stereocenters. The molecule has 0 spiro atoms. The van der Waals surface area contributed by atoms with Gasteiger partial charge in [0.15, 0.2) is 5.78 Å². The molecule has 2 aliphatic rings. The van der Waals surface area contributed by atoms with Gasteiger partial charge < -0.3 is 9.64 Å². The van der Waals surface area contributed by atoms with Crippen LogP contribution in [0.5, 0.6) is 0 Å². The number of fused-ring (bicyclic) bond motifs is 1. The van der Waals surface area contributed by atoms with Gasteiger partial charge in [0.2, 0.25) is 5.95 Å². The number of esters is 1. The summed E-state index contributed by atoms with van der Waals surface area (Å²) in [5, 5.41) is 0.664. The summed E-state index contributed by atoms with van der Waals surface area (Å²) in [6.45, 7) is 3.89. The average molecular weight is 509 g/mol. The molecule has 5 rings (SSSR count). The molecule has 0 amide bonds. The lowest BCUT2D eigenvalue weighted by Gasteiger charge is -2.35. The van der Waals surface area contributed by atoms with Crippen molar-refractivity contribution in [3.8, 4) is 0 Å². The average Bonchev–Trinajstić information content (AvgIpc) is 2.89. The van der Waals surface area contributed by atoms with Gasteiger partial charge in [0, 0.05) is 50.4 Å². The molecule has 0 radical (unpaired) electrons. The summed E-state index contributed by atoms with van der Waals surface area (Å²) in [4.78, 5) is 38.4. The van der Waals surface area contributed by atoms with Crippen molar-refractivity contribution in [2.75, 3.05) is 44.2 Å².